The van der Waals surface area contributed by atoms with E-state index in [1.807, 2.05) is 115 Å². The van der Waals surface area contributed by atoms with Crippen LogP contribution in [0.15, 0.2) is 132 Å². The van der Waals surface area contributed by atoms with E-state index in [2.05, 4.69) is 26.3 Å². The number of benzene rings is 4. The first-order valence-corrected chi connectivity index (χ1v) is 17.3. The third kappa shape index (κ3) is 12.9. The number of guanidine groups is 1. The van der Waals surface area contributed by atoms with Crippen LogP contribution in [0.1, 0.15) is 36.5 Å². The number of allylic oxidation sites excluding steroid dienone is 1. The fourth-order valence-corrected chi connectivity index (χ4v) is 5.52. The third-order valence-corrected chi connectivity index (χ3v) is 8.27. The zero-order valence-corrected chi connectivity index (χ0v) is 29.4. The minimum Gasteiger partial charge on any atom is -0.370 e. The first kappa shape index (κ1) is 38.6. The standard InChI is InChI=1S/C41H47N7O4/c1-2-34(46-37(49)28-31-20-22-33(23-21-31)32-17-10-5-11-18-32)39(51)47-35(19-12-25-45-41(42)43)40(52)48-36(27-30-15-8-4-9-16-30)38(50)44-26-24-29-13-6-3-7-14-29/h2-11,13-18,20-23,35-36H,12,19,24-28H2,1H3,(H,44,50)(H,46,49)(H,47,51)(H,48,52)(H4,42,43,45)/b34-2+/t35-,36+/m1/s1. The zero-order valence-electron chi connectivity index (χ0n) is 29.4. The highest BCUT2D eigenvalue weighted by molar-refractivity contribution is 6.00. The minimum absolute atomic E-state index is 0.00702. The van der Waals surface area contributed by atoms with Crippen LogP contribution in [0.5, 0.6) is 0 Å². The Morgan fingerprint density at radius 3 is 1.90 bits per heavy atom. The van der Waals surface area contributed by atoms with Crippen molar-refractivity contribution in [2.24, 2.45) is 16.5 Å². The number of carbonyl (C=O) groups excluding carboxylic acids is 4. The number of hydrogen-bond donors (Lipinski definition) is 6. The largest absolute Gasteiger partial charge is 0.370 e. The lowest BCUT2D eigenvalue weighted by molar-refractivity contribution is -0.131. The van der Waals surface area contributed by atoms with E-state index in [1.54, 1.807) is 6.92 Å². The number of nitrogens with one attached hydrogen (secondary N) is 4. The molecule has 0 saturated carbocycles. The molecule has 0 bridgehead atoms. The van der Waals surface area contributed by atoms with Gasteiger partial charge in [-0.3, -0.25) is 24.2 Å². The second-order valence-electron chi connectivity index (χ2n) is 12.2. The molecule has 0 aliphatic carbocycles. The fraction of sp³-hybridized carbons (Fsp3) is 0.244. The minimum atomic E-state index is -1.06. The van der Waals surface area contributed by atoms with E-state index in [-0.39, 0.29) is 49.3 Å². The second kappa shape index (κ2) is 20.4. The van der Waals surface area contributed by atoms with Crippen molar-refractivity contribution in [3.63, 3.8) is 0 Å². The molecular formula is C41H47N7O4. The van der Waals surface area contributed by atoms with Crippen molar-refractivity contribution in [3.05, 3.63) is 144 Å². The zero-order chi connectivity index (χ0) is 37.1. The van der Waals surface area contributed by atoms with E-state index < -0.39 is 23.9 Å². The Kier molecular flexibility index (Phi) is 15.2. The third-order valence-electron chi connectivity index (χ3n) is 8.27. The van der Waals surface area contributed by atoms with Crippen molar-refractivity contribution in [2.45, 2.75) is 51.1 Å². The highest BCUT2D eigenvalue weighted by Gasteiger charge is 2.28. The van der Waals surface area contributed by atoms with Gasteiger partial charge in [0.15, 0.2) is 5.96 Å². The molecule has 11 nitrogen and oxygen atoms in total. The predicted molar refractivity (Wildman–Crippen MR) is 205 cm³/mol. The number of nitrogens with two attached hydrogens (primary N) is 2. The van der Waals surface area contributed by atoms with Gasteiger partial charge in [0, 0.05) is 19.5 Å². The summed E-state index contributed by atoms with van der Waals surface area (Å²) in [6.45, 7) is 2.23. The molecule has 4 aromatic rings. The molecule has 0 aromatic heterocycles. The molecule has 52 heavy (non-hydrogen) atoms. The Morgan fingerprint density at radius 1 is 0.692 bits per heavy atom. The van der Waals surface area contributed by atoms with Crippen LogP contribution in [0.25, 0.3) is 11.1 Å². The SMILES string of the molecule is C/C=C(/NC(=O)Cc1ccc(-c2ccccc2)cc1)C(=O)N[C@H](CCCN=C(N)N)C(=O)N[C@@H](Cc1ccccc1)C(=O)NCCc1ccccc1. The molecule has 0 spiro atoms. The molecule has 11 heteroatoms. The highest BCUT2D eigenvalue weighted by atomic mass is 16.2. The molecule has 4 amide bonds. The van der Waals surface area contributed by atoms with E-state index in [0.717, 1.165) is 27.8 Å². The summed E-state index contributed by atoms with van der Waals surface area (Å²) in [6.07, 6.45) is 2.90. The van der Waals surface area contributed by atoms with E-state index in [9.17, 15) is 19.2 Å². The van der Waals surface area contributed by atoms with Gasteiger partial charge in [0.05, 0.1) is 6.42 Å². The molecular weight excluding hydrogens is 654 g/mol. The van der Waals surface area contributed by atoms with Gasteiger partial charge in [0.1, 0.15) is 17.8 Å². The molecule has 0 aliphatic rings. The number of rotatable bonds is 18. The van der Waals surface area contributed by atoms with Crippen LogP contribution >= 0.6 is 0 Å². The maximum Gasteiger partial charge on any atom is 0.268 e. The van der Waals surface area contributed by atoms with E-state index >= 15 is 0 Å². The number of amides is 4. The Labute approximate surface area is 305 Å². The molecule has 4 rings (SSSR count). The van der Waals surface area contributed by atoms with Crippen LogP contribution < -0.4 is 32.7 Å². The Morgan fingerprint density at radius 2 is 1.29 bits per heavy atom. The normalized spacial score (nSPS) is 12.1. The molecule has 0 heterocycles. The Hall–Kier alpha value is -6.23. The lowest BCUT2D eigenvalue weighted by Crippen LogP contribution is -2.55. The van der Waals surface area contributed by atoms with Gasteiger partial charge in [-0.15, -0.1) is 0 Å². The number of hydrogen-bond acceptors (Lipinski definition) is 5. The van der Waals surface area contributed by atoms with E-state index in [1.165, 1.54) is 6.08 Å². The summed E-state index contributed by atoms with van der Waals surface area (Å²) in [7, 11) is 0. The quantitative estimate of drug-likeness (QED) is 0.0400. The van der Waals surface area contributed by atoms with Gasteiger partial charge in [-0.1, -0.05) is 121 Å². The molecule has 8 N–H and O–H groups in total. The van der Waals surface area contributed by atoms with Gasteiger partial charge in [0.25, 0.3) is 5.91 Å². The van der Waals surface area contributed by atoms with Crippen molar-refractivity contribution in [3.8, 4) is 11.1 Å². The lowest BCUT2D eigenvalue weighted by Gasteiger charge is -2.24. The molecule has 0 radical (unpaired) electrons. The van der Waals surface area contributed by atoms with Gasteiger partial charge in [-0.25, -0.2) is 0 Å². The molecule has 0 fully saturated rings. The average Bonchev–Trinajstić information content (AvgIpc) is 3.16. The highest BCUT2D eigenvalue weighted by Crippen LogP contribution is 2.19. The molecule has 270 valence electrons. The van der Waals surface area contributed by atoms with Crippen molar-refractivity contribution >= 4 is 29.6 Å². The topological polar surface area (TPSA) is 181 Å². The number of nitrogens with zero attached hydrogens (tertiary/aromatic N) is 1. The molecule has 0 aliphatic heterocycles. The summed E-state index contributed by atoms with van der Waals surface area (Å²) < 4.78 is 0. The second-order valence-corrected chi connectivity index (χ2v) is 12.2. The fourth-order valence-electron chi connectivity index (χ4n) is 5.52. The summed E-state index contributed by atoms with van der Waals surface area (Å²) in [5.41, 5.74) is 15.7. The molecule has 0 saturated heterocycles. The van der Waals surface area contributed by atoms with Crippen molar-refractivity contribution < 1.29 is 19.2 Å². The van der Waals surface area contributed by atoms with E-state index in [0.29, 0.717) is 19.4 Å². The van der Waals surface area contributed by atoms with Crippen LogP contribution in [0.2, 0.25) is 0 Å². The average molecular weight is 702 g/mol. The van der Waals surface area contributed by atoms with Crippen molar-refractivity contribution in [2.75, 3.05) is 13.1 Å². The van der Waals surface area contributed by atoms with E-state index in [4.69, 9.17) is 11.5 Å². The van der Waals surface area contributed by atoms with Crippen LogP contribution in [0.3, 0.4) is 0 Å². The van der Waals surface area contributed by atoms with Gasteiger partial charge >= 0.3 is 0 Å². The molecule has 0 unspecified atom stereocenters. The van der Waals surface area contributed by atoms with Crippen molar-refractivity contribution in [1.29, 1.82) is 0 Å². The molecule has 4 aromatic carbocycles. The number of carbonyl (C=O) groups is 4. The Balaban J connectivity index is 1.42. The monoisotopic (exact) mass is 701 g/mol. The van der Waals surface area contributed by atoms with Crippen LogP contribution in [-0.4, -0.2) is 54.8 Å². The van der Waals surface area contributed by atoms with Crippen LogP contribution in [0, 0.1) is 0 Å². The van der Waals surface area contributed by atoms with Gasteiger partial charge in [-0.2, -0.15) is 0 Å². The maximum atomic E-state index is 13.8. The summed E-state index contributed by atoms with van der Waals surface area (Å²) >= 11 is 0. The summed E-state index contributed by atoms with van der Waals surface area (Å²) in [6, 6.07) is 34.7. The first-order valence-electron chi connectivity index (χ1n) is 17.3. The van der Waals surface area contributed by atoms with Gasteiger partial charge in [0.2, 0.25) is 17.7 Å². The summed E-state index contributed by atoms with van der Waals surface area (Å²) in [4.78, 5) is 57.8. The van der Waals surface area contributed by atoms with Crippen molar-refractivity contribution in [1.82, 2.24) is 21.3 Å². The van der Waals surface area contributed by atoms with Gasteiger partial charge < -0.3 is 32.7 Å². The smallest absolute Gasteiger partial charge is 0.268 e. The Bertz CT molecular complexity index is 1810. The summed E-state index contributed by atoms with van der Waals surface area (Å²) in [5, 5.41) is 11.2. The summed E-state index contributed by atoms with van der Waals surface area (Å²) in [5.74, 6) is -2.04. The van der Waals surface area contributed by atoms with Gasteiger partial charge in [-0.05, 0) is 54.0 Å². The van der Waals surface area contributed by atoms with Crippen LogP contribution in [-0.2, 0) is 38.4 Å². The van der Waals surface area contributed by atoms with Crippen LogP contribution in [0.4, 0.5) is 0 Å². The maximum absolute atomic E-state index is 13.8. The predicted octanol–water partition coefficient (Wildman–Crippen LogP) is 3.54. The lowest BCUT2D eigenvalue weighted by atomic mass is 10.0. The number of aliphatic imine (C=N–C) groups is 1. The molecule has 2 atom stereocenters. The first-order chi connectivity index (χ1) is 25.2.